The first-order valence-corrected chi connectivity index (χ1v) is 9.93. The van der Waals surface area contributed by atoms with Gasteiger partial charge >= 0.3 is 0 Å². The van der Waals surface area contributed by atoms with E-state index in [9.17, 15) is 4.39 Å². The maximum Gasteiger partial charge on any atom is 0.250 e. The zero-order valence-corrected chi connectivity index (χ0v) is 17.0. The van der Waals surface area contributed by atoms with Gasteiger partial charge in [0.05, 0.1) is 12.6 Å². The van der Waals surface area contributed by atoms with Gasteiger partial charge in [-0.2, -0.15) is 0 Å². The number of hydrogen-bond donors (Lipinski definition) is 1. The van der Waals surface area contributed by atoms with E-state index in [0.717, 1.165) is 35.1 Å². The molecule has 152 valence electrons. The fourth-order valence-corrected chi connectivity index (χ4v) is 4.01. The lowest BCUT2D eigenvalue weighted by Crippen LogP contribution is -2.36. The van der Waals surface area contributed by atoms with E-state index in [2.05, 4.69) is 39.3 Å². The second-order valence-electron chi connectivity index (χ2n) is 7.78. The number of nitrogens with one attached hydrogen (secondary N) is 1. The Kier molecular flexibility index (Phi) is 5.58. The van der Waals surface area contributed by atoms with Crippen LogP contribution in [0.25, 0.3) is 22.0 Å². The molecule has 0 bridgehead atoms. The van der Waals surface area contributed by atoms with Crippen LogP contribution in [0.15, 0.2) is 36.8 Å². The van der Waals surface area contributed by atoms with Crippen molar-refractivity contribution >= 4 is 16.7 Å². The Hall–Kier alpha value is -2.80. The minimum Gasteiger partial charge on any atom is -0.479 e. The molecule has 2 aromatic heterocycles. The first-order valence-electron chi connectivity index (χ1n) is 9.93. The number of pyridine rings is 1. The van der Waals surface area contributed by atoms with E-state index in [1.165, 1.54) is 26.0 Å². The number of ether oxygens (including phenoxy) is 1. The first-order chi connectivity index (χ1) is 14.0. The van der Waals surface area contributed by atoms with Gasteiger partial charge in [-0.15, -0.1) is 0 Å². The van der Waals surface area contributed by atoms with E-state index in [1.807, 2.05) is 18.2 Å². The van der Waals surface area contributed by atoms with E-state index in [4.69, 9.17) is 4.74 Å². The number of nitrogens with zero attached hydrogens (tertiary/aromatic N) is 4. The third-order valence-electron chi connectivity index (χ3n) is 5.74. The zero-order chi connectivity index (χ0) is 20.4. The molecule has 6 nitrogen and oxygen atoms in total. The van der Waals surface area contributed by atoms with Crippen LogP contribution < -0.4 is 10.1 Å². The molecule has 1 aliphatic rings. The van der Waals surface area contributed by atoms with Crippen LogP contribution in [0.1, 0.15) is 25.7 Å². The van der Waals surface area contributed by atoms with Crippen molar-refractivity contribution in [1.29, 1.82) is 0 Å². The van der Waals surface area contributed by atoms with Crippen LogP contribution in [0.2, 0.25) is 0 Å². The summed E-state index contributed by atoms with van der Waals surface area (Å²) in [5, 5.41) is 4.54. The summed E-state index contributed by atoms with van der Waals surface area (Å²) in [5.41, 5.74) is 2.40. The lowest BCUT2D eigenvalue weighted by Gasteiger charge is -2.33. The largest absolute Gasteiger partial charge is 0.479 e. The molecule has 1 aliphatic carbocycles. The van der Waals surface area contributed by atoms with Crippen molar-refractivity contribution in [2.45, 2.75) is 37.8 Å². The number of benzene rings is 1. The minimum atomic E-state index is -0.481. The highest BCUT2D eigenvalue weighted by atomic mass is 19.1. The van der Waals surface area contributed by atoms with Crippen molar-refractivity contribution in [3.63, 3.8) is 0 Å². The molecule has 1 fully saturated rings. The van der Waals surface area contributed by atoms with Crippen LogP contribution in [0.3, 0.4) is 0 Å². The van der Waals surface area contributed by atoms with E-state index in [1.54, 1.807) is 12.5 Å². The predicted molar refractivity (Wildman–Crippen MR) is 113 cm³/mol. The van der Waals surface area contributed by atoms with Crippen molar-refractivity contribution < 1.29 is 9.13 Å². The number of anilines is 1. The van der Waals surface area contributed by atoms with E-state index >= 15 is 0 Å². The summed E-state index contributed by atoms with van der Waals surface area (Å²) in [4.78, 5) is 15.2. The third-order valence-corrected chi connectivity index (χ3v) is 5.74. The zero-order valence-electron chi connectivity index (χ0n) is 17.0. The first kappa shape index (κ1) is 19.5. The average molecular weight is 395 g/mol. The standard InChI is InChI=1S/C22H26FN5O/c1-28(2)17-7-5-16(6-8-17)27-21-18-10-14(4-9-20(18)25-13-26-21)15-11-19(23)22(29-3)24-12-15/h4,9-13,16-17H,5-8H2,1-3H3,(H,25,26,27). The summed E-state index contributed by atoms with van der Waals surface area (Å²) in [7, 11) is 5.70. The molecule has 0 radical (unpaired) electrons. The lowest BCUT2D eigenvalue weighted by molar-refractivity contribution is 0.221. The molecule has 0 unspecified atom stereocenters. The molecule has 4 rings (SSSR count). The molecule has 0 saturated heterocycles. The number of hydrogen-bond acceptors (Lipinski definition) is 6. The summed E-state index contributed by atoms with van der Waals surface area (Å²) in [5.74, 6) is 0.339. The summed E-state index contributed by atoms with van der Waals surface area (Å²) >= 11 is 0. The SMILES string of the molecule is COc1ncc(-c2ccc3ncnc(NC4CCC(N(C)C)CC4)c3c2)cc1F. The monoisotopic (exact) mass is 395 g/mol. The molecule has 7 heteroatoms. The summed E-state index contributed by atoms with van der Waals surface area (Å²) in [6, 6.07) is 8.33. The summed E-state index contributed by atoms with van der Waals surface area (Å²) < 4.78 is 19.0. The predicted octanol–water partition coefficient (Wildman–Crippen LogP) is 4.12. The molecular formula is C22H26FN5O. The Morgan fingerprint density at radius 3 is 2.52 bits per heavy atom. The Labute approximate surface area is 170 Å². The van der Waals surface area contributed by atoms with Gasteiger partial charge in [-0.25, -0.2) is 19.3 Å². The average Bonchev–Trinajstić information content (AvgIpc) is 2.74. The van der Waals surface area contributed by atoms with Crippen LogP contribution >= 0.6 is 0 Å². The van der Waals surface area contributed by atoms with Crippen LogP contribution in [0.4, 0.5) is 10.2 Å². The molecular weight excluding hydrogens is 369 g/mol. The van der Waals surface area contributed by atoms with Crippen molar-refractivity contribution in [3.05, 3.63) is 42.6 Å². The second kappa shape index (κ2) is 8.29. The van der Waals surface area contributed by atoms with Crippen LogP contribution in [-0.2, 0) is 0 Å². The Bertz CT molecular complexity index is 1000. The third kappa shape index (κ3) is 4.15. The van der Waals surface area contributed by atoms with Gasteiger partial charge in [0, 0.05) is 29.2 Å². The molecule has 3 aromatic rings. The minimum absolute atomic E-state index is 0.00597. The van der Waals surface area contributed by atoms with Gasteiger partial charge in [0.15, 0.2) is 5.82 Å². The molecule has 0 amide bonds. The fourth-order valence-electron chi connectivity index (χ4n) is 4.01. The molecule has 1 saturated carbocycles. The van der Waals surface area contributed by atoms with E-state index in [0.29, 0.717) is 17.6 Å². The highest BCUT2D eigenvalue weighted by Gasteiger charge is 2.23. The molecule has 29 heavy (non-hydrogen) atoms. The van der Waals surface area contributed by atoms with Gasteiger partial charge in [0.25, 0.3) is 0 Å². The number of rotatable bonds is 5. The summed E-state index contributed by atoms with van der Waals surface area (Å²) in [6.45, 7) is 0. The topological polar surface area (TPSA) is 63.2 Å². The number of fused-ring (bicyclic) bond motifs is 1. The smallest absolute Gasteiger partial charge is 0.250 e. The number of halogens is 1. The van der Waals surface area contributed by atoms with E-state index < -0.39 is 5.82 Å². The van der Waals surface area contributed by atoms with Gasteiger partial charge < -0.3 is 15.0 Å². The van der Waals surface area contributed by atoms with Crippen molar-refractivity contribution in [3.8, 4) is 17.0 Å². The fraction of sp³-hybridized carbons (Fsp3) is 0.409. The maximum absolute atomic E-state index is 14.1. The Balaban J connectivity index is 1.61. The van der Waals surface area contributed by atoms with Crippen molar-refractivity contribution in [1.82, 2.24) is 19.9 Å². The summed E-state index contributed by atoms with van der Waals surface area (Å²) in [6.07, 6.45) is 7.78. The van der Waals surface area contributed by atoms with Gasteiger partial charge in [0.2, 0.25) is 5.88 Å². The lowest BCUT2D eigenvalue weighted by atomic mass is 9.90. The Morgan fingerprint density at radius 1 is 1.03 bits per heavy atom. The Morgan fingerprint density at radius 2 is 1.83 bits per heavy atom. The van der Waals surface area contributed by atoms with Gasteiger partial charge in [0.1, 0.15) is 12.1 Å². The quantitative estimate of drug-likeness (QED) is 0.701. The molecule has 0 aliphatic heterocycles. The number of methoxy groups -OCH3 is 1. The van der Waals surface area contributed by atoms with Gasteiger partial charge in [-0.1, -0.05) is 6.07 Å². The molecule has 0 spiro atoms. The van der Waals surface area contributed by atoms with Crippen molar-refractivity contribution in [2.24, 2.45) is 0 Å². The molecule has 1 aromatic carbocycles. The molecule has 0 atom stereocenters. The van der Waals surface area contributed by atoms with Gasteiger partial charge in [-0.05, 0) is 63.5 Å². The van der Waals surface area contributed by atoms with E-state index in [-0.39, 0.29) is 5.88 Å². The highest BCUT2D eigenvalue weighted by molar-refractivity contribution is 5.92. The van der Waals surface area contributed by atoms with Crippen LogP contribution in [0.5, 0.6) is 5.88 Å². The second-order valence-corrected chi connectivity index (χ2v) is 7.78. The van der Waals surface area contributed by atoms with Crippen LogP contribution in [0, 0.1) is 5.82 Å². The maximum atomic E-state index is 14.1. The molecule has 1 N–H and O–H groups in total. The van der Waals surface area contributed by atoms with Gasteiger partial charge in [-0.3, -0.25) is 0 Å². The normalized spacial score (nSPS) is 19.5. The van der Waals surface area contributed by atoms with Crippen LogP contribution in [-0.4, -0.2) is 53.1 Å². The molecule has 2 heterocycles. The highest BCUT2D eigenvalue weighted by Crippen LogP contribution is 2.30. The number of aromatic nitrogens is 3. The van der Waals surface area contributed by atoms with Crippen molar-refractivity contribution in [2.75, 3.05) is 26.5 Å².